The first-order valence-corrected chi connectivity index (χ1v) is 9.40. The van der Waals surface area contributed by atoms with Crippen LogP contribution in [-0.4, -0.2) is 38.2 Å². The molecule has 0 aromatic heterocycles. The summed E-state index contributed by atoms with van der Waals surface area (Å²) in [5.74, 6) is 0.435. The molecule has 1 saturated carbocycles. The van der Waals surface area contributed by atoms with Gasteiger partial charge in [0.1, 0.15) is 5.75 Å². The molecule has 1 aliphatic rings. The van der Waals surface area contributed by atoms with E-state index in [0.29, 0.717) is 18.3 Å². The largest absolute Gasteiger partial charge is 0.382 e. The average molecular weight is 311 g/mol. The van der Waals surface area contributed by atoms with Crippen molar-refractivity contribution in [1.82, 2.24) is 4.90 Å². The van der Waals surface area contributed by atoms with Gasteiger partial charge in [-0.2, -0.15) is 8.42 Å². The molecule has 4 nitrogen and oxygen atoms in total. The van der Waals surface area contributed by atoms with E-state index in [-0.39, 0.29) is 5.75 Å². The fourth-order valence-corrected chi connectivity index (χ4v) is 3.88. The van der Waals surface area contributed by atoms with Crippen LogP contribution in [0.4, 0.5) is 0 Å². The Morgan fingerprint density at radius 3 is 2.43 bits per heavy atom. The van der Waals surface area contributed by atoms with E-state index in [0.717, 1.165) is 6.54 Å². The number of hydrogen-bond donors (Lipinski definition) is 0. The molecule has 2 rings (SSSR count). The maximum Gasteiger partial charge on any atom is 0.310 e. The highest BCUT2D eigenvalue weighted by atomic mass is 32.2. The van der Waals surface area contributed by atoms with Gasteiger partial charge in [0, 0.05) is 12.6 Å². The van der Waals surface area contributed by atoms with Gasteiger partial charge in [0.25, 0.3) is 0 Å². The Hall–Kier alpha value is -1.07. The molecule has 1 fully saturated rings. The zero-order chi connectivity index (χ0) is 15.1. The van der Waals surface area contributed by atoms with Crippen LogP contribution in [0.5, 0.6) is 5.75 Å². The fraction of sp³-hybridized carbons (Fsp3) is 0.625. The maximum absolute atomic E-state index is 12.1. The lowest BCUT2D eigenvalue weighted by molar-refractivity contribution is 0.172. The van der Waals surface area contributed by atoms with Gasteiger partial charge in [-0.3, -0.25) is 4.90 Å². The van der Waals surface area contributed by atoms with Crippen molar-refractivity contribution in [3.05, 3.63) is 30.3 Å². The molecule has 0 atom stereocenters. The summed E-state index contributed by atoms with van der Waals surface area (Å²) in [6.45, 7) is 3.54. The Morgan fingerprint density at radius 2 is 1.81 bits per heavy atom. The molecule has 0 N–H and O–H groups in total. The number of benzene rings is 1. The predicted molar refractivity (Wildman–Crippen MR) is 85.0 cm³/mol. The Labute approximate surface area is 128 Å². The van der Waals surface area contributed by atoms with E-state index < -0.39 is 10.1 Å². The van der Waals surface area contributed by atoms with Gasteiger partial charge in [-0.1, -0.05) is 44.4 Å². The summed E-state index contributed by atoms with van der Waals surface area (Å²) < 4.78 is 29.2. The third-order valence-corrected chi connectivity index (χ3v) is 5.22. The normalized spacial score (nSPS) is 17.0. The molecule has 0 aliphatic heterocycles. The SMILES string of the molecule is CCN(CCS(=O)(=O)Oc1ccccc1)C1CCCCC1. The van der Waals surface area contributed by atoms with Gasteiger partial charge in [0.05, 0.1) is 5.75 Å². The van der Waals surface area contributed by atoms with Gasteiger partial charge in [-0.25, -0.2) is 0 Å². The summed E-state index contributed by atoms with van der Waals surface area (Å²) in [6, 6.07) is 9.24. The van der Waals surface area contributed by atoms with Crippen molar-refractivity contribution in [2.24, 2.45) is 0 Å². The number of para-hydroxylation sites is 1. The van der Waals surface area contributed by atoms with Crippen LogP contribution in [0.3, 0.4) is 0 Å². The van der Waals surface area contributed by atoms with Crippen LogP contribution >= 0.6 is 0 Å². The lowest BCUT2D eigenvalue weighted by Crippen LogP contribution is -2.40. The van der Waals surface area contributed by atoms with Crippen molar-refractivity contribution < 1.29 is 12.6 Å². The van der Waals surface area contributed by atoms with Crippen LogP contribution in [-0.2, 0) is 10.1 Å². The molecular weight excluding hydrogens is 286 g/mol. The van der Waals surface area contributed by atoms with Crippen LogP contribution < -0.4 is 4.18 Å². The van der Waals surface area contributed by atoms with E-state index in [1.807, 2.05) is 6.07 Å². The second-order valence-electron chi connectivity index (χ2n) is 5.58. The highest BCUT2D eigenvalue weighted by Gasteiger charge is 2.22. The Morgan fingerprint density at radius 1 is 1.14 bits per heavy atom. The van der Waals surface area contributed by atoms with E-state index in [2.05, 4.69) is 11.8 Å². The molecule has 21 heavy (non-hydrogen) atoms. The molecule has 1 aromatic carbocycles. The maximum atomic E-state index is 12.1. The van der Waals surface area contributed by atoms with Crippen molar-refractivity contribution in [3.8, 4) is 5.75 Å². The molecule has 0 bridgehead atoms. The molecule has 0 saturated heterocycles. The highest BCUT2D eigenvalue weighted by Crippen LogP contribution is 2.22. The molecule has 5 heteroatoms. The third-order valence-electron chi connectivity index (χ3n) is 4.09. The van der Waals surface area contributed by atoms with Crippen LogP contribution in [0, 0.1) is 0 Å². The molecule has 118 valence electrons. The fourth-order valence-electron chi connectivity index (χ4n) is 2.94. The van der Waals surface area contributed by atoms with Crippen molar-refractivity contribution in [3.63, 3.8) is 0 Å². The van der Waals surface area contributed by atoms with Crippen molar-refractivity contribution in [2.75, 3.05) is 18.8 Å². The van der Waals surface area contributed by atoms with Crippen LogP contribution in [0.2, 0.25) is 0 Å². The van der Waals surface area contributed by atoms with E-state index in [1.54, 1.807) is 24.3 Å². The summed E-state index contributed by atoms with van der Waals surface area (Å²) in [5, 5.41) is 0. The Balaban J connectivity index is 1.87. The van der Waals surface area contributed by atoms with Gasteiger partial charge >= 0.3 is 10.1 Å². The number of nitrogens with zero attached hydrogens (tertiary/aromatic N) is 1. The van der Waals surface area contributed by atoms with Gasteiger partial charge < -0.3 is 4.18 Å². The lowest BCUT2D eigenvalue weighted by atomic mass is 9.94. The van der Waals surface area contributed by atoms with E-state index in [9.17, 15) is 8.42 Å². The molecule has 0 amide bonds. The third kappa shape index (κ3) is 5.32. The standard InChI is InChI=1S/C16H25NO3S/c1-2-17(15-9-5-3-6-10-15)13-14-21(18,19)20-16-11-7-4-8-12-16/h4,7-8,11-12,15H,2-3,5-6,9-10,13-14H2,1H3. The van der Waals surface area contributed by atoms with Gasteiger partial charge in [0.15, 0.2) is 0 Å². The summed E-state index contributed by atoms with van der Waals surface area (Å²) in [4.78, 5) is 2.28. The minimum absolute atomic E-state index is 0.0479. The molecule has 0 heterocycles. The highest BCUT2D eigenvalue weighted by molar-refractivity contribution is 7.87. The van der Waals surface area contributed by atoms with Gasteiger partial charge in [-0.05, 0) is 31.5 Å². The molecule has 1 aliphatic carbocycles. The second kappa shape index (κ2) is 7.80. The summed E-state index contributed by atoms with van der Waals surface area (Å²) in [7, 11) is -3.52. The van der Waals surface area contributed by atoms with E-state index in [1.165, 1.54) is 32.1 Å². The molecule has 0 radical (unpaired) electrons. The van der Waals surface area contributed by atoms with Gasteiger partial charge in [0.2, 0.25) is 0 Å². The summed E-state index contributed by atoms with van der Waals surface area (Å²) in [6.07, 6.45) is 6.20. The van der Waals surface area contributed by atoms with E-state index >= 15 is 0 Å². The predicted octanol–water partition coefficient (Wildman–Crippen LogP) is 3.05. The summed E-state index contributed by atoms with van der Waals surface area (Å²) >= 11 is 0. The van der Waals surface area contributed by atoms with Crippen LogP contribution in [0.1, 0.15) is 39.0 Å². The second-order valence-corrected chi connectivity index (χ2v) is 7.27. The first-order chi connectivity index (χ1) is 10.1. The minimum Gasteiger partial charge on any atom is -0.382 e. The van der Waals surface area contributed by atoms with Crippen LogP contribution in [0.25, 0.3) is 0 Å². The monoisotopic (exact) mass is 311 g/mol. The average Bonchev–Trinajstić information content (AvgIpc) is 2.49. The zero-order valence-corrected chi connectivity index (χ0v) is 13.5. The lowest BCUT2D eigenvalue weighted by Gasteiger charge is -2.33. The van der Waals surface area contributed by atoms with Crippen LogP contribution in [0.15, 0.2) is 30.3 Å². The topological polar surface area (TPSA) is 46.6 Å². The quantitative estimate of drug-likeness (QED) is 0.726. The van der Waals surface area contributed by atoms with Crippen molar-refractivity contribution in [2.45, 2.75) is 45.1 Å². The first kappa shape index (κ1) is 16.3. The Bertz CT molecular complexity index is 510. The van der Waals surface area contributed by atoms with Crippen molar-refractivity contribution >= 4 is 10.1 Å². The molecule has 1 aromatic rings. The van der Waals surface area contributed by atoms with E-state index in [4.69, 9.17) is 4.18 Å². The smallest absolute Gasteiger partial charge is 0.310 e. The minimum atomic E-state index is -3.52. The summed E-state index contributed by atoms with van der Waals surface area (Å²) in [5.41, 5.74) is 0. The van der Waals surface area contributed by atoms with Gasteiger partial charge in [-0.15, -0.1) is 0 Å². The molecule has 0 unspecified atom stereocenters. The number of hydrogen-bond acceptors (Lipinski definition) is 4. The Kier molecular flexibility index (Phi) is 6.06. The zero-order valence-electron chi connectivity index (χ0n) is 12.7. The van der Waals surface area contributed by atoms with Crippen molar-refractivity contribution in [1.29, 1.82) is 0 Å². The molecule has 0 spiro atoms. The number of rotatable bonds is 7. The first-order valence-electron chi connectivity index (χ1n) is 7.82. The molecular formula is C16H25NO3S.